The van der Waals surface area contributed by atoms with E-state index in [1.807, 2.05) is 50.3 Å². The molecule has 2 heterocycles. The van der Waals surface area contributed by atoms with Gasteiger partial charge in [0.2, 0.25) is 0 Å². The fourth-order valence-corrected chi connectivity index (χ4v) is 7.04. The lowest BCUT2D eigenvalue weighted by atomic mass is 9.79. The number of hydrogen-bond acceptors (Lipinski definition) is 5. The zero-order valence-electron chi connectivity index (χ0n) is 25.8. The van der Waals surface area contributed by atoms with Gasteiger partial charge in [0.25, 0.3) is 10.1 Å². The van der Waals surface area contributed by atoms with Gasteiger partial charge in [0.15, 0.2) is 0 Å². The fraction of sp³-hybridized carbons (Fsp3) is 0.243. The molecule has 7 nitrogen and oxygen atoms in total. The maximum absolute atomic E-state index is 11.8. The number of rotatable bonds is 6. The molecule has 0 saturated heterocycles. The molecule has 45 heavy (non-hydrogen) atoms. The molecular weight excluding hydrogens is 584 g/mol. The molecule has 0 bridgehead atoms. The number of hydrogen-bond donors (Lipinski definition) is 3. The summed E-state index contributed by atoms with van der Waals surface area (Å²) in [6.45, 7) is 8.41. The molecule has 0 aromatic heterocycles. The minimum atomic E-state index is -4.33. The molecule has 3 N–H and O–H groups in total. The molecule has 0 amide bonds. The van der Waals surface area contributed by atoms with Gasteiger partial charge in [-0.3, -0.25) is 9.55 Å². The van der Waals surface area contributed by atoms with Gasteiger partial charge < -0.3 is 10.4 Å². The smallest absolute Gasteiger partial charge is 0.335 e. The number of fused-ring (bicyclic) bond motifs is 2. The van der Waals surface area contributed by atoms with Crippen molar-refractivity contribution < 1.29 is 22.9 Å². The number of benzene rings is 3. The van der Waals surface area contributed by atoms with E-state index in [0.717, 1.165) is 69.9 Å². The van der Waals surface area contributed by atoms with E-state index >= 15 is 0 Å². The summed E-state index contributed by atoms with van der Waals surface area (Å²) < 4.78 is 33.2. The van der Waals surface area contributed by atoms with Crippen LogP contribution >= 0.6 is 0 Å². The minimum Gasteiger partial charge on any atom is -0.478 e. The predicted molar refractivity (Wildman–Crippen MR) is 179 cm³/mol. The highest BCUT2D eigenvalue weighted by molar-refractivity contribution is 7.85. The molecule has 6 rings (SSSR count). The molecule has 8 heteroatoms. The first-order valence-electron chi connectivity index (χ1n) is 15.0. The molecule has 0 atom stereocenters. The molecule has 0 radical (unpaired) electrons. The van der Waals surface area contributed by atoms with E-state index in [1.54, 1.807) is 18.2 Å². The Bertz CT molecular complexity index is 1990. The summed E-state index contributed by atoms with van der Waals surface area (Å²) in [4.78, 5) is 16.4. The first kappa shape index (κ1) is 30.5. The van der Waals surface area contributed by atoms with Crippen LogP contribution in [-0.4, -0.2) is 29.8 Å². The molecule has 3 aliphatic rings. The standard InChI is InChI=1S/C37H36N2O5S/c1-36(2)28-10-5-6-11-30(28)38-32(36)20-16-23-8-7-9-24(34(23)25-12-14-26(15-13-25)35(40)41)17-21-33-37(3,4)29-22-27(45(42,43)44)18-19-31(29)39-33/h5-6,10-22,39H,7-9H2,1-4H3,(H,40,41)(H,42,43,44)/b20-16+,24-17+,33-21+. The van der Waals surface area contributed by atoms with Crippen molar-refractivity contribution in [3.63, 3.8) is 0 Å². The molecular formula is C37H36N2O5S. The van der Waals surface area contributed by atoms with Crippen molar-refractivity contribution in [2.45, 2.75) is 62.7 Å². The Labute approximate surface area is 264 Å². The molecule has 3 aromatic carbocycles. The summed E-state index contributed by atoms with van der Waals surface area (Å²) in [5.74, 6) is -0.966. The van der Waals surface area contributed by atoms with E-state index in [2.05, 4.69) is 43.5 Å². The molecule has 0 fully saturated rings. The lowest BCUT2D eigenvalue weighted by Crippen LogP contribution is -2.23. The van der Waals surface area contributed by atoms with Crippen molar-refractivity contribution >= 4 is 38.7 Å². The normalized spacial score (nSPS) is 20.3. The van der Waals surface area contributed by atoms with Crippen LogP contribution in [-0.2, 0) is 20.9 Å². The Hall–Kier alpha value is -4.53. The van der Waals surface area contributed by atoms with E-state index in [1.165, 1.54) is 17.7 Å². The van der Waals surface area contributed by atoms with Crippen molar-refractivity contribution in [1.29, 1.82) is 0 Å². The van der Waals surface area contributed by atoms with Gasteiger partial charge in [0, 0.05) is 22.2 Å². The van der Waals surface area contributed by atoms with Crippen LogP contribution in [0.25, 0.3) is 5.57 Å². The average molecular weight is 621 g/mol. The van der Waals surface area contributed by atoms with Crippen molar-refractivity contribution in [2.75, 3.05) is 5.32 Å². The highest BCUT2D eigenvalue weighted by Gasteiger charge is 2.36. The summed E-state index contributed by atoms with van der Waals surface area (Å²) in [5, 5.41) is 12.9. The largest absolute Gasteiger partial charge is 0.478 e. The first-order chi connectivity index (χ1) is 21.3. The number of allylic oxidation sites excluding steroid dienone is 8. The lowest BCUT2D eigenvalue weighted by Gasteiger charge is -2.24. The maximum Gasteiger partial charge on any atom is 0.335 e. The highest BCUT2D eigenvalue weighted by Crippen LogP contribution is 2.45. The highest BCUT2D eigenvalue weighted by atomic mass is 32.2. The van der Waals surface area contributed by atoms with E-state index in [9.17, 15) is 22.9 Å². The number of carbonyl (C=O) groups is 1. The van der Waals surface area contributed by atoms with Crippen molar-refractivity contribution in [3.8, 4) is 0 Å². The van der Waals surface area contributed by atoms with Crippen LogP contribution < -0.4 is 5.32 Å². The molecule has 230 valence electrons. The molecule has 0 saturated carbocycles. The van der Waals surface area contributed by atoms with Gasteiger partial charge >= 0.3 is 5.97 Å². The predicted octanol–water partition coefficient (Wildman–Crippen LogP) is 8.40. The third-order valence-electron chi connectivity index (χ3n) is 9.21. The quantitative estimate of drug-likeness (QED) is 0.238. The van der Waals surface area contributed by atoms with Crippen molar-refractivity contribution in [1.82, 2.24) is 0 Å². The van der Waals surface area contributed by atoms with Crippen LogP contribution in [0.2, 0.25) is 0 Å². The number of nitrogens with zero attached hydrogens (tertiary/aromatic N) is 1. The second-order valence-corrected chi connectivity index (χ2v) is 14.2. The van der Waals surface area contributed by atoms with Crippen molar-refractivity contribution in [2.24, 2.45) is 4.99 Å². The molecule has 3 aromatic rings. The molecule has 2 aliphatic heterocycles. The van der Waals surface area contributed by atoms with Gasteiger partial charge in [-0.25, -0.2) is 4.79 Å². The second-order valence-electron chi connectivity index (χ2n) is 12.8. The average Bonchev–Trinajstić information content (AvgIpc) is 3.41. The first-order valence-corrected chi connectivity index (χ1v) is 16.5. The van der Waals surface area contributed by atoms with Crippen LogP contribution in [0.4, 0.5) is 11.4 Å². The van der Waals surface area contributed by atoms with Gasteiger partial charge in [-0.1, -0.05) is 70.2 Å². The Morgan fingerprint density at radius 3 is 2.31 bits per heavy atom. The molecule has 0 spiro atoms. The van der Waals surface area contributed by atoms with Gasteiger partial charge in [-0.2, -0.15) is 8.42 Å². The number of anilines is 1. The third kappa shape index (κ3) is 5.60. The topological polar surface area (TPSA) is 116 Å². The number of para-hydroxylation sites is 1. The Morgan fingerprint density at radius 2 is 1.62 bits per heavy atom. The summed E-state index contributed by atoms with van der Waals surface area (Å²) in [6, 6.07) is 19.8. The lowest BCUT2D eigenvalue weighted by molar-refractivity contribution is 0.0697. The summed E-state index contributed by atoms with van der Waals surface area (Å²) in [5.41, 5.74) is 9.46. The van der Waals surface area contributed by atoms with Crippen LogP contribution in [0.3, 0.4) is 0 Å². The zero-order valence-corrected chi connectivity index (χ0v) is 26.6. The SMILES string of the molecule is CC1(C)C(/C=C/C2=C(c3ccc(C(=O)O)cc3)C(=C/C=C3/Nc4ccc(S(=O)(=O)O)cc4C3(C)C)/CCC2)=Nc2ccccc21. The third-order valence-corrected chi connectivity index (χ3v) is 10.1. The number of carboxylic acid groups (broad SMARTS) is 1. The maximum atomic E-state index is 11.8. The van der Waals surface area contributed by atoms with Gasteiger partial charge in [-0.05, 0) is 101 Å². The van der Waals surface area contributed by atoms with E-state index in [4.69, 9.17) is 4.99 Å². The minimum absolute atomic E-state index is 0.132. The number of nitrogens with one attached hydrogen (secondary N) is 1. The Kier molecular flexibility index (Phi) is 7.54. The van der Waals surface area contributed by atoms with Gasteiger partial charge in [-0.15, -0.1) is 0 Å². The fourth-order valence-electron chi connectivity index (χ4n) is 6.53. The van der Waals surface area contributed by atoms with Crippen molar-refractivity contribution in [3.05, 3.63) is 130 Å². The van der Waals surface area contributed by atoms with E-state index in [-0.39, 0.29) is 15.9 Å². The summed E-state index contributed by atoms with van der Waals surface area (Å²) in [6.07, 6.45) is 11.1. The summed E-state index contributed by atoms with van der Waals surface area (Å²) in [7, 11) is -4.33. The Balaban J connectivity index is 1.41. The monoisotopic (exact) mass is 620 g/mol. The number of aromatic carboxylic acids is 1. The Morgan fingerprint density at radius 1 is 0.889 bits per heavy atom. The molecule has 0 unspecified atom stereocenters. The van der Waals surface area contributed by atoms with Gasteiger partial charge in [0.1, 0.15) is 0 Å². The zero-order chi connectivity index (χ0) is 32.1. The van der Waals surface area contributed by atoms with Crippen LogP contribution in [0.15, 0.2) is 118 Å². The van der Waals surface area contributed by atoms with Crippen LogP contribution in [0.5, 0.6) is 0 Å². The summed E-state index contributed by atoms with van der Waals surface area (Å²) >= 11 is 0. The van der Waals surface area contributed by atoms with Crippen LogP contribution in [0.1, 0.15) is 74.0 Å². The van der Waals surface area contributed by atoms with E-state index < -0.39 is 21.5 Å². The van der Waals surface area contributed by atoms with E-state index in [0.29, 0.717) is 0 Å². The van der Waals surface area contributed by atoms with Crippen LogP contribution in [0, 0.1) is 0 Å². The molecule has 1 aliphatic carbocycles. The number of carboxylic acids is 1. The van der Waals surface area contributed by atoms with Gasteiger partial charge in [0.05, 0.1) is 21.9 Å². The second kappa shape index (κ2) is 11.1. The number of aliphatic imine (C=N–C) groups is 1.